The van der Waals surface area contributed by atoms with E-state index in [1.807, 2.05) is 43.3 Å². The van der Waals surface area contributed by atoms with E-state index in [4.69, 9.17) is 0 Å². The smallest absolute Gasteiger partial charge is 0.229 e. The monoisotopic (exact) mass is 382 g/mol. The summed E-state index contributed by atoms with van der Waals surface area (Å²) in [6.45, 7) is 6.08. The molecule has 0 radical (unpaired) electrons. The zero-order valence-corrected chi connectivity index (χ0v) is 15.5. The van der Waals surface area contributed by atoms with Crippen molar-refractivity contribution in [1.29, 1.82) is 0 Å². The van der Waals surface area contributed by atoms with E-state index < -0.39 is 0 Å². The van der Waals surface area contributed by atoms with E-state index in [9.17, 15) is 0 Å². The Bertz CT molecular complexity index is 877. The second kappa shape index (κ2) is 7.01. The molecule has 122 valence electrons. The second-order valence-electron chi connectivity index (χ2n) is 5.80. The molecule has 3 rings (SSSR count). The average Bonchev–Trinajstić information content (AvgIpc) is 2.50. The van der Waals surface area contributed by atoms with E-state index in [2.05, 4.69) is 62.5 Å². The summed E-state index contributed by atoms with van der Waals surface area (Å²) in [7, 11) is 0. The van der Waals surface area contributed by atoms with Crippen LogP contribution >= 0.6 is 15.9 Å². The van der Waals surface area contributed by atoms with Gasteiger partial charge < -0.3 is 10.6 Å². The number of anilines is 4. The van der Waals surface area contributed by atoms with E-state index in [1.165, 1.54) is 11.1 Å². The van der Waals surface area contributed by atoms with Gasteiger partial charge in [0.05, 0.1) is 0 Å². The summed E-state index contributed by atoms with van der Waals surface area (Å²) in [6.07, 6.45) is 0. The first-order valence-corrected chi connectivity index (χ1v) is 8.51. The van der Waals surface area contributed by atoms with Crippen molar-refractivity contribution >= 4 is 39.1 Å². The Morgan fingerprint density at radius 1 is 0.833 bits per heavy atom. The minimum atomic E-state index is 0.570. The highest BCUT2D eigenvalue weighted by Gasteiger charge is 2.05. The summed E-state index contributed by atoms with van der Waals surface area (Å²) in [5, 5.41) is 6.59. The fourth-order valence-corrected chi connectivity index (χ4v) is 2.74. The van der Waals surface area contributed by atoms with Crippen molar-refractivity contribution in [1.82, 2.24) is 9.97 Å². The van der Waals surface area contributed by atoms with Crippen molar-refractivity contribution in [2.75, 3.05) is 10.6 Å². The van der Waals surface area contributed by atoms with Crippen LogP contribution in [0, 0.1) is 20.8 Å². The van der Waals surface area contributed by atoms with Crippen LogP contribution in [0.4, 0.5) is 23.1 Å². The first kappa shape index (κ1) is 16.5. The highest BCUT2D eigenvalue weighted by molar-refractivity contribution is 9.10. The van der Waals surface area contributed by atoms with Gasteiger partial charge >= 0.3 is 0 Å². The van der Waals surface area contributed by atoms with Crippen molar-refractivity contribution in [2.45, 2.75) is 20.8 Å². The number of aryl methyl sites for hydroxylation is 3. The molecule has 1 aromatic heterocycles. The third-order valence-corrected chi connectivity index (χ3v) is 4.43. The van der Waals surface area contributed by atoms with Crippen LogP contribution < -0.4 is 10.6 Å². The molecular formula is C19H19BrN4. The predicted molar refractivity (Wildman–Crippen MR) is 103 cm³/mol. The van der Waals surface area contributed by atoms with E-state index in [-0.39, 0.29) is 0 Å². The molecule has 0 saturated heterocycles. The topological polar surface area (TPSA) is 49.8 Å². The Balaban J connectivity index is 1.84. The lowest BCUT2D eigenvalue weighted by Gasteiger charge is -2.11. The normalized spacial score (nSPS) is 10.5. The number of hydrogen-bond acceptors (Lipinski definition) is 4. The van der Waals surface area contributed by atoms with E-state index in [0.29, 0.717) is 5.95 Å². The lowest BCUT2D eigenvalue weighted by molar-refractivity contribution is 1.11. The van der Waals surface area contributed by atoms with Gasteiger partial charge in [-0.1, -0.05) is 34.1 Å². The number of hydrogen-bond donors (Lipinski definition) is 2. The Morgan fingerprint density at radius 2 is 1.62 bits per heavy atom. The van der Waals surface area contributed by atoms with Crippen molar-refractivity contribution in [3.63, 3.8) is 0 Å². The lowest BCUT2D eigenvalue weighted by atomic mass is 10.2. The maximum absolute atomic E-state index is 4.56. The van der Waals surface area contributed by atoms with Crippen molar-refractivity contribution in [3.05, 3.63) is 69.8 Å². The highest BCUT2D eigenvalue weighted by Crippen LogP contribution is 2.24. The largest absolute Gasteiger partial charge is 0.340 e. The molecule has 0 bridgehead atoms. The quantitative estimate of drug-likeness (QED) is 0.611. The van der Waals surface area contributed by atoms with Gasteiger partial charge in [-0.3, -0.25) is 0 Å². The van der Waals surface area contributed by atoms with Gasteiger partial charge in [-0.25, -0.2) is 4.98 Å². The van der Waals surface area contributed by atoms with Crippen LogP contribution in [0.5, 0.6) is 0 Å². The van der Waals surface area contributed by atoms with Gasteiger partial charge in [-0.15, -0.1) is 0 Å². The van der Waals surface area contributed by atoms with Crippen LogP contribution in [0.15, 0.2) is 53.0 Å². The molecule has 0 aliphatic carbocycles. The van der Waals surface area contributed by atoms with Gasteiger partial charge in [0.15, 0.2) is 0 Å². The molecule has 0 saturated carbocycles. The lowest BCUT2D eigenvalue weighted by Crippen LogP contribution is -2.02. The number of rotatable bonds is 4. The summed E-state index contributed by atoms with van der Waals surface area (Å²) in [6, 6.07) is 16.2. The molecule has 0 aliphatic heterocycles. The van der Waals surface area contributed by atoms with Gasteiger partial charge in [0.25, 0.3) is 0 Å². The summed E-state index contributed by atoms with van der Waals surface area (Å²) >= 11 is 3.55. The third-order valence-electron chi connectivity index (χ3n) is 3.57. The maximum Gasteiger partial charge on any atom is 0.229 e. The maximum atomic E-state index is 4.56. The summed E-state index contributed by atoms with van der Waals surface area (Å²) < 4.78 is 1.05. The Hall–Kier alpha value is -2.40. The zero-order valence-electron chi connectivity index (χ0n) is 13.9. The summed E-state index contributed by atoms with van der Waals surface area (Å²) in [5.74, 6) is 1.34. The molecule has 0 unspecified atom stereocenters. The van der Waals surface area contributed by atoms with Gasteiger partial charge in [0.2, 0.25) is 5.95 Å². The number of aromatic nitrogens is 2. The second-order valence-corrected chi connectivity index (χ2v) is 6.66. The molecule has 2 aromatic carbocycles. The molecule has 0 amide bonds. The molecule has 0 atom stereocenters. The first-order valence-electron chi connectivity index (χ1n) is 7.72. The van der Waals surface area contributed by atoms with Crippen LogP contribution in [0.3, 0.4) is 0 Å². The number of halogens is 1. The van der Waals surface area contributed by atoms with Crippen LogP contribution in [0.2, 0.25) is 0 Å². The minimum absolute atomic E-state index is 0.570. The molecule has 4 nitrogen and oxygen atoms in total. The highest BCUT2D eigenvalue weighted by atomic mass is 79.9. The first-order chi connectivity index (χ1) is 11.5. The Morgan fingerprint density at radius 3 is 2.38 bits per heavy atom. The van der Waals surface area contributed by atoms with Crippen LogP contribution in [-0.2, 0) is 0 Å². The SMILES string of the molecule is Cc1cccc(Nc2cc(C)nc(Nc3ccc(C)c(Br)c3)n2)c1. The fraction of sp³-hybridized carbons (Fsp3) is 0.158. The van der Waals surface area contributed by atoms with Crippen LogP contribution in [-0.4, -0.2) is 9.97 Å². The predicted octanol–water partition coefficient (Wildman–Crippen LogP) is 5.65. The molecule has 0 aliphatic rings. The standard InChI is InChI=1S/C19H19BrN4/c1-12-5-4-6-15(9-12)22-18-10-14(3)21-19(24-18)23-16-8-7-13(2)17(20)11-16/h4-11H,1-3H3,(H2,21,22,23,24). The Labute approximate surface area is 150 Å². The van der Waals surface area contributed by atoms with E-state index in [1.54, 1.807) is 0 Å². The van der Waals surface area contributed by atoms with Gasteiger partial charge in [0.1, 0.15) is 5.82 Å². The Kier molecular flexibility index (Phi) is 4.81. The molecule has 24 heavy (non-hydrogen) atoms. The van der Waals surface area contributed by atoms with Crippen LogP contribution in [0.25, 0.3) is 0 Å². The van der Waals surface area contributed by atoms with Crippen molar-refractivity contribution in [2.24, 2.45) is 0 Å². The third kappa shape index (κ3) is 4.11. The molecule has 5 heteroatoms. The average molecular weight is 383 g/mol. The molecule has 3 aromatic rings. The number of nitrogens with zero attached hydrogens (tertiary/aromatic N) is 2. The number of nitrogens with one attached hydrogen (secondary N) is 2. The zero-order chi connectivity index (χ0) is 17.1. The molecule has 2 N–H and O–H groups in total. The van der Waals surface area contributed by atoms with Gasteiger partial charge in [0, 0.05) is 27.6 Å². The summed E-state index contributed by atoms with van der Waals surface area (Å²) in [5.41, 5.74) is 5.24. The van der Waals surface area contributed by atoms with E-state index >= 15 is 0 Å². The molecule has 0 fully saturated rings. The van der Waals surface area contributed by atoms with E-state index in [0.717, 1.165) is 27.4 Å². The van der Waals surface area contributed by atoms with Crippen LogP contribution in [0.1, 0.15) is 16.8 Å². The summed E-state index contributed by atoms with van der Waals surface area (Å²) in [4.78, 5) is 9.02. The van der Waals surface area contributed by atoms with Gasteiger partial charge in [-0.2, -0.15) is 4.98 Å². The van der Waals surface area contributed by atoms with Crippen molar-refractivity contribution in [3.8, 4) is 0 Å². The van der Waals surface area contributed by atoms with Crippen molar-refractivity contribution < 1.29 is 0 Å². The minimum Gasteiger partial charge on any atom is -0.340 e. The van der Waals surface area contributed by atoms with Gasteiger partial charge in [-0.05, 0) is 56.2 Å². The fourth-order valence-electron chi connectivity index (χ4n) is 2.36. The molecular weight excluding hydrogens is 364 g/mol. The molecule has 0 spiro atoms. The molecule has 1 heterocycles. The number of benzene rings is 2.